The van der Waals surface area contributed by atoms with Gasteiger partial charge in [0.2, 0.25) is 0 Å². The summed E-state index contributed by atoms with van der Waals surface area (Å²) in [6, 6.07) is 7.63. The van der Waals surface area contributed by atoms with E-state index in [-0.39, 0.29) is 0 Å². The van der Waals surface area contributed by atoms with Crippen LogP contribution in [0.15, 0.2) is 24.3 Å². The van der Waals surface area contributed by atoms with Gasteiger partial charge in [-0.25, -0.2) is 0 Å². The summed E-state index contributed by atoms with van der Waals surface area (Å²) >= 11 is 0. The van der Waals surface area contributed by atoms with Gasteiger partial charge >= 0.3 is 0 Å². The third kappa shape index (κ3) is 3.83. The second-order valence-corrected chi connectivity index (χ2v) is 4.32. The van der Waals surface area contributed by atoms with Crippen LogP contribution in [0.4, 0.5) is 0 Å². The fraction of sp³-hybridized carbons (Fsp3) is 0.538. The first kappa shape index (κ1) is 13.0. The molecule has 0 heterocycles. The Morgan fingerprint density at radius 2 is 2.00 bits per heavy atom. The van der Waals surface area contributed by atoms with Crippen molar-refractivity contribution in [3.8, 4) is 5.75 Å². The molecule has 0 spiro atoms. The first-order valence-electron chi connectivity index (χ1n) is 5.69. The molecule has 0 aliphatic carbocycles. The van der Waals surface area contributed by atoms with Crippen molar-refractivity contribution < 1.29 is 9.84 Å². The number of para-hydroxylation sites is 1. The highest BCUT2D eigenvalue weighted by atomic mass is 16.5. The molecule has 3 nitrogen and oxygen atoms in total. The molecule has 0 radical (unpaired) electrons. The summed E-state index contributed by atoms with van der Waals surface area (Å²) in [6.07, 6.45) is -0.520. The minimum atomic E-state index is -0.520. The number of hydrogen-bond donors (Lipinski definition) is 2. The second kappa shape index (κ2) is 6.51. The predicted octanol–water partition coefficient (Wildman–Crippen LogP) is 1.97. The third-order valence-electron chi connectivity index (χ3n) is 2.25. The molecule has 0 bridgehead atoms. The zero-order chi connectivity index (χ0) is 12.0. The van der Waals surface area contributed by atoms with Crippen LogP contribution in [-0.2, 0) is 0 Å². The SMILES string of the molecule is CNCC(O)c1ccccc1OCC(C)C. The van der Waals surface area contributed by atoms with Gasteiger partial charge in [-0.15, -0.1) is 0 Å². The normalized spacial score (nSPS) is 12.8. The van der Waals surface area contributed by atoms with Crippen LogP contribution in [0.3, 0.4) is 0 Å². The molecular formula is C13H21NO2. The Balaban J connectivity index is 2.74. The van der Waals surface area contributed by atoms with E-state index < -0.39 is 6.10 Å². The van der Waals surface area contributed by atoms with Gasteiger partial charge < -0.3 is 15.2 Å². The molecule has 90 valence electrons. The van der Waals surface area contributed by atoms with Crippen LogP contribution < -0.4 is 10.1 Å². The molecule has 0 saturated carbocycles. The van der Waals surface area contributed by atoms with E-state index in [0.717, 1.165) is 11.3 Å². The van der Waals surface area contributed by atoms with E-state index in [2.05, 4.69) is 19.2 Å². The number of aliphatic hydroxyl groups is 1. The molecule has 16 heavy (non-hydrogen) atoms. The summed E-state index contributed by atoms with van der Waals surface area (Å²) in [6.45, 7) is 5.41. The lowest BCUT2D eigenvalue weighted by Gasteiger charge is -2.16. The molecule has 0 amide bonds. The van der Waals surface area contributed by atoms with E-state index in [1.54, 1.807) is 0 Å². The van der Waals surface area contributed by atoms with Gasteiger partial charge in [0.1, 0.15) is 5.75 Å². The first-order chi connectivity index (χ1) is 7.65. The number of nitrogens with one attached hydrogen (secondary N) is 1. The van der Waals surface area contributed by atoms with Crippen molar-refractivity contribution in [2.45, 2.75) is 20.0 Å². The molecule has 1 unspecified atom stereocenters. The second-order valence-electron chi connectivity index (χ2n) is 4.32. The molecule has 0 saturated heterocycles. The van der Waals surface area contributed by atoms with Gasteiger partial charge in [0.05, 0.1) is 12.7 Å². The van der Waals surface area contributed by atoms with Gasteiger partial charge in [-0.1, -0.05) is 32.0 Å². The monoisotopic (exact) mass is 223 g/mol. The Morgan fingerprint density at radius 3 is 2.62 bits per heavy atom. The maximum atomic E-state index is 9.92. The van der Waals surface area contributed by atoms with Gasteiger partial charge in [-0.2, -0.15) is 0 Å². The fourth-order valence-electron chi connectivity index (χ4n) is 1.45. The predicted molar refractivity (Wildman–Crippen MR) is 65.7 cm³/mol. The van der Waals surface area contributed by atoms with E-state index in [4.69, 9.17) is 4.74 Å². The van der Waals surface area contributed by atoms with Crippen LogP contribution in [0.1, 0.15) is 25.5 Å². The first-order valence-corrected chi connectivity index (χ1v) is 5.69. The third-order valence-corrected chi connectivity index (χ3v) is 2.25. The Morgan fingerprint density at radius 1 is 1.31 bits per heavy atom. The molecular weight excluding hydrogens is 202 g/mol. The van der Waals surface area contributed by atoms with Crippen molar-refractivity contribution >= 4 is 0 Å². The molecule has 1 rings (SSSR count). The average molecular weight is 223 g/mol. The lowest BCUT2D eigenvalue weighted by Crippen LogP contribution is -2.18. The van der Waals surface area contributed by atoms with Gasteiger partial charge in [0.15, 0.2) is 0 Å². The summed E-state index contributed by atoms with van der Waals surface area (Å²) in [4.78, 5) is 0. The van der Waals surface area contributed by atoms with Crippen LogP contribution >= 0.6 is 0 Å². The van der Waals surface area contributed by atoms with Gasteiger partial charge in [-0.3, -0.25) is 0 Å². The Kier molecular flexibility index (Phi) is 5.29. The largest absolute Gasteiger partial charge is 0.493 e. The summed E-state index contributed by atoms with van der Waals surface area (Å²) in [7, 11) is 1.82. The van der Waals surface area contributed by atoms with Crippen LogP contribution in [0.5, 0.6) is 5.75 Å². The quantitative estimate of drug-likeness (QED) is 0.774. The minimum absolute atomic E-state index is 0.481. The van der Waals surface area contributed by atoms with Crippen molar-refractivity contribution in [2.75, 3.05) is 20.2 Å². The molecule has 1 aromatic carbocycles. The van der Waals surface area contributed by atoms with Crippen molar-refractivity contribution in [1.82, 2.24) is 5.32 Å². The molecule has 0 aliphatic rings. The van der Waals surface area contributed by atoms with Crippen LogP contribution in [0.25, 0.3) is 0 Å². The number of hydrogen-bond acceptors (Lipinski definition) is 3. The summed E-state index contributed by atoms with van der Waals surface area (Å²) in [5, 5.41) is 12.9. The number of rotatable bonds is 6. The van der Waals surface area contributed by atoms with E-state index in [0.29, 0.717) is 19.1 Å². The molecule has 0 aliphatic heterocycles. The highest BCUT2D eigenvalue weighted by Crippen LogP contribution is 2.24. The molecule has 0 fully saturated rings. The van der Waals surface area contributed by atoms with E-state index >= 15 is 0 Å². The highest BCUT2D eigenvalue weighted by Gasteiger charge is 2.12. The van der Waals surface area contributed by atoms with Gasteiger partial charge in [0, 0.05) is 12.1 Å². The maximum absolute atomic E-state index is 9.92. The van der Waals surface area contributed by atoms with Crippen molar-refractivity contribution in [3.05, 3.63) is 29.8 Å². The van der Waals surface area contributed by atoms with Crippen molar-refractivity contribution in [2.24, 2.45) is 5.92 Å². The summed E-state index contributed by atoms with van der Waals surface area (Å²) < 4.78 is 5.68. The number of aliphatic hydroxyl groups excluding tert-OH is 1. The Hall–Kier alpha value is -1.06. The maximum Gasteiger partial charge on any atom is 0.125 e. The number of likely N-dealkylation sites (N-methyl/N-ethyl adjacent to an activating group) is 1. The lowest BCUT2D eigenvalue weighted by atomic mass is 10.1. The molecule has 1 aromatic rings. The van der Waals surface area contributed by atoms with Crippen LogP contribution in [-0.4, -0.2) is 25.3 Å². The highest BCUT2D eigenvalue weighted by molar-refractivity contribution is 5.35. The Labute approximate surface area is 97.4 Å². The number of benzene rings is 1. The van der Waals surface area contributed by atoms with Crippen molar-refractivity contribution in [3.63, 3.8) is 0 Å². The Bertz CT molecular complexity index is 313. The molecule has 3 heteroatoms. The van der Waals surface area contributed by atoms with Crippen LogP contribution in [0, 0.1) is 5.92 Å². The molecule has 0 aromatic heterocycles. The van der Waals surface area contributed by atoms with Crippen LogP contribution in [0.2, 0.25) is 0 Å². The minimum Gasteiger partial charge on any atom is -0.493 e. The topological polar surface area (TPSA) is 41.5 Å². The summed E-state index contributed by atoms with van der Waals surface area (Å²) in [5.41, 5.74) is 0.845. The van der Waals surface area contributed by atoms with Crippen molar-refractivity contribution in [1.29, 1.82) is 0 Å². The average Bonchev–Trinajstić information content (AvgIpc) is 2.27. The van der Waals surface area contributed by atoms with Gasteiger partial charge in [-0.05, 0) is 19.0 Å². The zero-order valence-electron chi connectivity index (χ0n) is 10.2. The van der Waals surface area contributed by atoms with E-state index in [9.17, 15) is 5.11 Å². The molecule has 1 atom stereocenters. The van der Waals surface area contributed by atoms with E-state index in [1.165, 1.54) is 0 Å². The summed E-state index contributed by atoms with van der Waals surface area (Å²) in [5.74, 6) is 1.26. The lowest BCUT2D eigenvalue weighted by molar-refractivity contribution is 0.169. The molecule has 2 N–H and O–H groups in total. The smallest absolute Gasteiger partial charge is 0.125 e. The standard InChI is InChI=1S/C13H21NO2/c1-10(2)9-16-13-7-5-4-6-11(13)12(15)8-14-3/h4-7,10,12,14-15H,8-9H2,1-3H3. The van der Waals surface area contributed by atoms with E-state index in [1.807, 2.05) is 31.3 Å². The number of ether oxygens (including phenoxy) is 1. The van der Waals surface area contributed by atoms with Gasteiger partial charge in [0.25, 0.3) is 0 Å². The zero-order valence-corrected chi connectivity index (χ0v) is 10.2. The fourth-order valence-corrected chi connectivity index (χ4v) is 1.45.